The number of fused-ring (bicyclic) bond motifs is 1. The molecule has 2 aromatic heterocycles. The van der Waals surface area contributed by atoms with Crippen molar-refractivity contribution in [3.63, 3.8) is 0 Å². The molecule has 24 heavy (non-hydrogen) atoms. The maximum absolute atomic E-state index is 12.9. The second-order valence-corrected chi connectivity index (χ2v) is 7.26. The van der Waals surface area contributed by atoms with Gasteiger partial charge in [-0.15, -0.1) is 11.3 Å². The second-order valence-electron chi connectivity index (χ2n) is 6.26. The van der Waals surface area contributed by atoms with Crippen molar-refractivity contribution in [3.8, 4) is 0 Å². The molecule has 0 spiro atoms. The molecule has 4 heterocycles. The first-order valence-electron chi connectivity index (χ1n) is 8.56. The summed E-state index contributed by atoms with van der Waals surface area (Å²) in [7, 11) is 0. The van der Waals surface area contributed by atoms with Gasteiger partial charge in [0.15, 0.2) is 5.82 Å². The number of aryl methyl sites for hydroxylation is 1. The summed E-state index contributed by atoms with van der Waals surface area (Å²) >= 11 is 1.75. The molecule has 4 rings (SSSR count). The number of likely N-dealkylation sites (tertiary alicyclic amines) is 1. The Morgan fingerprint density at radius 3 is 3.25 bits per heavy atom. The smallest absolute Gasteiger partial charge is 0.226 e. The van der Waals surface area contributed by atoms with Gasteiger partial charge in [0, 0.05) is 24.3 Å². The summed E-state index contributed by atoms with van der Waals surface area (Å²) in [5, 5.41) is 6.15. The molecular weight excluding hydrogens is 326 g/mol. The number of amides is 1. The van der Waals surface area contributed by atoms with E-state index in [0.29, 0.717) is 31.2 Å². The van der Waals surface area contributed by atoms with Crippen LogP contribution < -0.4 is 0 Å². The highest BCUT2D eigenvalue weighted by atomic mass is 32.1. The fourth-order valence-corrected chi connectivity index (χ4v) is 4.47. The van der Waals surface area contributed by atoms with Crippen LogP contribution in [0.1, 0.15) is 60.5 Å². The molecule has 0 saturated carbocycles. The number of carbonyl (C=O) groups is 1. The summed E-state index contributed by atoms with van der Waals surface area (Å²) in [6.07, 6.45) is 3.80. The Morgan fingerprint density at radius 2 is 2.42 bits per heavy atom. The Morgan fingerprint density at radius 1 is 1.50 bits per heavy atom. The molecule has 0 aliphatic carbocycles. The highest BCUT2D eigenvalue weighted by molar-refractivity contribution is 7.10. The van der Waals surface area contributed by atoms with Crippen LogP contribution in [0.25, 0.3) is 0 Å². The largest absolute Gasteiger partial charge is 0.373 e. The van der Waals surface area contributed by atoms with Crippen LogP contribution >= 0.6 is 11.3 Å². The van der Waals surface area contributed by atoms with E-state index in [-0.39, 0.29) is 18.1 Å². The molecular formula is C17H21N3O3S. The van der Waals surface area contributed by atoms with E-state index in [1.807, 2.05) is 11.8 Å². The molecule has 128 valence electrons. The van der Waals surface area contributed by atoms with Crippen molar-refractivity contribution in [3.05, 3.63) is 33.6 Å². The Bertz CT molecular complexity index is 726. The number of thiophene rings is 1. The summed E-state index contributed by atoms with van der Waals surface area (Å²) < 4.78 is 11.1. The van der Waals surface area contributed by atoms with Gasteiger partial charge in [-0.1, -0.05) is 12.1 Å². The van der Waals surface area contributed by atoms with Crippen molar-refractivity contribution in [2.75, 3.05) is 13.2 Å². The van der Waals surface area contributed by atoms with Crippen LogP contribution in [-0.4, -0.2) is 34.1 Å². The molecule has 2 aliphatic heterocycles. The normalized spacial score (nSPS) is 23.5. The van der Waals surface area contributed by atoms with Crippen molar-refractivity contribution in [2.24, 2.45) is 0 Å². The molecule has 0 aromatic carbocycles. The van der Waals surface area contributed by atoms with E-state index < -0.39 is 0 Å². The van der Waals surface area contributed by atoms with Gasteiger partial charge in [-0.25, -0.2) is 0 Å². The fraction of sp³-hybridized carbons (Fsp3) is 0.588. The SMILES string of the molecule is CCc1nc([C@@H]2CCCN2C(=O)C[C@@H]2OCCc3sccc32)no1. The van der Waals surface area contributed by atoms with Gasteiger partial charge < -0.3 is 14.2 Å². The molecule has 0 N–H and O–H groups in total. The van der Waals surface area contributed by atoms with E-state index in [4.69, 9.17) is 9.26 Å². The maximum atomic E-state index is 12.9. The minimum absolute atomic E-state index is 0.0629. The van der Waals surface area contributed by atoms with Crippen LogP contribution in [0.5, 0.6) is 0 Å². The maximum Gasteiger partial charge on any atom is 0.226 e. The number of rotatable bonds is 4. The highest BCUT2D eigenvalue weighted by Crippen LogP contribution is 2.36. The second kappa shape index (κ2) is 6.64. The lowest BCUT2D eigenvalue weighted by Crippen LogP contribution is -2.33. The molecule has 0 bridgehead atoms. The number of carbonyl (C=O) groups excluding carboxylic acids is 1. The molecule has 0 radical (unpaired) electrons. The van der Waals surface area contributed by atoms with Crippen LogP contribution in [0.15, 0.2) is 16.0 Å². The van der Waals surface area contributed by atoms with Gasteiger partial charge in [0.1, 0.15) is 0 Å². The summed E-state index contributed by atoms with van der Waals surface area (Å²) in [5.41, 5.74) is 1.18. The van der Waals surface area contributed by atoms with E-state index in [0.717, 1.165) is 25.8 Å². The zero-order valence-electron chi connectivity index (χ0n) is 13.7. The van der Waals surface area contributed by atoms with Gasteiger partial charge in [-0.05, 0) is 29.9 Å². The third-order valence-corrected chi connectivity index (χ3v) is 5.79. The van der Waals surface area contributed by atoms with Crippen molar-refractivity contribution < 1.29 is 14.1 Å². The molecule has 0 unspecified atom stereocenters. The van der Waals surface area contributed by atoms with Crippen molar-refractivity contribution in [1.29, 1.82) is 0 Å². The quantitative estimate of drug-likeness (QED) is 0.850. The van der Waals surface area contributed by atoms with Crippen LogP contribution in [0, 0.1) is 0 Å². The molecule has 2 atom stereocenters. The Kier molecular flexibility index (Phi) is 4.37. The Labute approximate surface area is 144 Å². The van der Waals surface area contributed by atoms with E-state index in [1.54, 1.807) is 11.3 Å². The zero-order chi connectivity index (χ0) is 16.5. The molecule has 1 amide bonds. The third kappa shape index (κ3) is 2.86. The van der Waals surface area contributed by atoms with Crippen LogP contribution in [0.2, 0.25) is 0 Å². The Balaban J connectivity index is 1.48. The van der Waals surface area contributed by atoms with Gasteiger partial charge in [-0.2, -0.15) is 4.98 Å². The summed E-state index contributed by atoms with van der Waals surface area (Å²) in [5.74, 6) is 1.38. The number of ether oxygens (including phenoxy) is 1. The lowest BCUT2D eigenvalue weighted by molar-refractivity contribution is -0.135. The van der Waals surface area contributed by atoms with Crippen molar-refractivity contribution >= 4 is 17.2 Å². The number of hydrogen-bond donors (Lipinski definition) is 0. The molecule has 6 nitrogen and oxygen atoms in total. The number of nitrogens with zero attached hydrogens (tertiary/aromatic N) is 3. The van der Waals surface area contributed by atoms with Crippen LogP contribution in [0.4, 0.5) is 0 Å². The van der Waals surface area contributed by atoms with Crippen LogP contribution in [-0.2, 0) is 22.4 Å². The Hall–Kier alpha value is -1.73. The molecule has 1 fully saturated rings. The van der Waals surface area contributed by atoms with Gasteiger partial charge in [0.2, 0.25) is 11.8 Å². The molecule has 1 saturated heterocycles. The fourth-order valence-electron chi connectivity index (χ4n) is 3.55. The third-order valence-electron chi connectivity index (χ3n) is 4.79. The first kappa shape index (κ1) is 15.8. The van der Waals surface area contributed by atoms with Gasteiger partial charge >= 0.3 is 0 Å². The highest BCUT2D eigenvalue weighted by Gasteiger charge is 2.35. The molecule has 2 aromatic rings. The van der Waals surface area contributed by atoms with Crippen molar-refractivity contribution in [1.82, 2.24) is 15.0 Å². The minimum atomic E-state index is -0.120. The predicted molar refractivity (Wildman–Crippen MR) is 88.7 cm³/mol. The predicted octanol–water partition coefficient (Wildman–Crippen LogP) is 3.06. The molecule has 7 heteroatoms. The lowest BCUT2D eigenvalue weighted by Gasteiger charge is -2.27. The average Bonchev–Trinajstić information content (AvgIpc) is 3.33. The van der Waals surface area contributed by atoms with Gasteiger partial charge in [-0.3, -0.25) is 4.79 Å². The lowest BCUT2D eigenvalue weighted by atomic mass is 10.0. The zero-order valence-corrected chi connectivity index (χ0v) is 14.6. The number of hydrogen-bond acceptors (Lipinski definition) is 6. The first-order valence-corrected chi connectivity index (χ1v) is 9.44. The summed E-state index contributed by atoms with van der Waals surface area (Å²) in [6.45, 7) is 3.43. The average molecular weight is 347 g/mol. The van der Waals surface area contributed by atoms with Gasteiger partial charge in [0.05, 0.1) is 25.2 Å². The van der Waals surface area contributed by atoms with E-state index in [9.17, 15) is 4.79 Å². The van der Waals surface area contributed by atoms with Crippen LogP contribution in [0.3, 0.4) is 0 Å². The van der Waals surface area contributed by atoms with Crippen molar-refractivity contribution in [2.45, 2.75) is 51.2 Å². The topological polar surface area (TPSA) is 68.5 Å². The summed E-state index contributed by atoms with van der Waals surface area (Å²) in [4.78, 5) is 20.5. The van der Waals surface area contributed by atoms with E-state index in [1.165, 1.54) is 10.4 Å². The standard InChI is InChI=1S/C17H21N3O3S/c1-2-15-18-17(19-23-15)12-4-3-7-20(12)16(21)10-13-11-6-9-24-14(11)5-8-22-13/h6,9,12-13H,2-5,7-8,10H2,1H3/t12-,13-/m0/s1. The summed E-state index contributed by atoms with van der Waals surface area (Å²) in [6, 6.07) is 2.03. The van der Waals surface area contributed by atoms with E-state index in [2.05, 4.69) is 21.6 Å². The van der Waals surface area contributed by atoms with E-state index >= 15 is 0 Å². The van der Waals surface area contributed by atoms with Gasteiger partial charge in [0.25, 0.3) is 0 Å². The first-order chi connectivity index (χ1) is 11.8. The number of aromatic nitrogens is 2. The minimum Gasteiger partial charge on any atom is -0.373 e. The molecule has 2 aliphatic rings. The monoisotopic (exact) mass is 347 g/mol.